The van der Waals surface area contributed by atoms with Crippen LogP contribution in [0.25, 0.3) is 0 Å². The summed E-state index contributed by atoms with van der Waals surface area (Å²) in [6.45, 7) is 0. The van der Waals surface area contributed by atoms with Crippen LogP contribution in [0.15, 0.2) is 48.7 Å². The minimum atomic E-state index is -4.39. The van der Waals surface area contributed by atoms with Gasteiger partial charge in [0, 0.05) is 0 Å². The normalized spacial score (nSPS) is 16.5. The van der Waals surface area contributed by atoms with Crippen LogP contribution >= 0.6 is 0 Å². The number of hydrogen-bond donors (Lipinski definition) is 1. The predicted molar refractivity (Wildman–Crippen MR) is 74.8 cm³/mol. The maximum absolute atomic E-state index is 12.5. The van der Waals surface area contributed by atoms with E-state index >= 15 is 0 Å². The first-order chi connectivity index (χ1) is 10.0. The molecule has 1 unspecified atom stereocenters. The van der Waals surface area contributed by atoms with E-state index < -0.39 is 11.9 Å². The highest BCUT2D eigenvalue weighted by molar-refractivity contribution is 5.45. The molecule has 0 aliphatic heterocycles. The molecular formula is C16H15F3N2. The van der Waals surface area contributed by atoms with Gasteiger partial charge in [0.1, 0.15) is 5.69 Å². The first kappa shape index (κ1) is 13.9. The molecule has 1 saturated carbocycles. The monoisotopic (exact) mass is 292 g/mol. The van der Waals surface area contributed by atoms with E-state index in [2.05, 4.69) is 10.3 Å². The summed E-state index contributed by atoms with van der Waals surface area (Å²) in [6, 6.07) is 12.5. The van der Waals surface area contributed by atoms with Gasteiger partial charge in [-0.15, -0.1) is 0 Å². The van der Waals surface area contributed by atoms with Gasteiger partial charge in [0.2, 0.25) is 0 Å². The summed E-state index contributed by atoms with van der Waals surface area (Å²) in [7, 11) is 0. The SMILES string of the molecule is FC(F)(F)c1ccc(NC(c2ccccc2)C2CC2)cn1. The minimum Gasteiger partial charge on any atom is -0.377 e. The lowest BCUT2D eigenvalue weighted by Gasteiger charge is -2.20. The number of hydrogen-bond acceptors (Lipinski definition) is 2. The Morgan fingerprint density at radius 1 is 1.05 bits per heavy atom. The Morgan fingerprint density at radius 3 is 2.29 bits per heavy atom. The third-order valence-corrected chi connectivity index (χ3v) is 3.63. The van der Waals surface area contributed by atoms with Gasteiger partial charge in [-0.05, 0) is 36.5 Å². The first-order valence-electron chi connectivity index (χ1n) is 6.89. The van der Waals surface area contributed by atoms with Gasteiger partial charge in [-0.3, -0.25) is 0 Å². The van der Waals surface area contributed by atoms with Gasteiger partial charge < -0.3 is 5.32 Å². The third-order valence-electron chi connectivity index (χ3n) is 3.63. The standard InChI is InChI=1S/C16H15F3N2/c17-16(18,19)14-9-8-13(10-20-14)21-15(12-6-7-12)11-4-2-1-3-5-11/h1-5,8-10,12,15,21H,6-7H2. The number of halogens is 3. The molecule has 0 radical (unpaired) electrons. The second-order valence-corrected chi connectivity index (χ2v) is 5.30. The minimum absolute atomic E-state index is 0.129. The fourth-order valence-corrected chi connectivity index (χ4v) is 2.39. The molecule has 2 nitrogen and oxygen atoms in total. The van der Waals surface area contributed by atoms with E-state index in [-0.39, 0.29) is 6.04 Å². The van der Waals surface area contributed by atoms with Crippen molar-refractivity contribution in [1.82, 2.24) is 4.98 Å². The molecule has 0 amide bonds. The molecule has 0 saturated heterocycles. The molecule has 1 N–H and O–H groups in total. The van der Waals surface area contributed by atoms with Crippen LogP contribution in [-0.4, -0.2) is 4.98 Å². The lowest BCUT2D eigenvalue weighted by molar-refractivity contribution is -0.141. The number of anilines is 1. The Labute approximate surface area is 121 Å². The van der Waals surface area contributed by atoms with Crippen molar-refractivity contribution in [2.24, 2.45) is 5.92 Å². The summed E-state index contributed by atoms with van der Waals surface area (Å²) in [5.41, 5.74) is 0.902. The van der Waals surface area contributed by atoms with Crippen LogP contribution in [0.1, 0.15) is 30.1 Å². The number of nitrogens with one attached hydrogen (secondary N) is 1. The lowest BCUT2D eigenvalue weighted by atomic mass is 10.0. The molecule has 5 heteroatoms. The zero-order valence-corrected chi connectivity index (χ0v) is 11.3. The number of aromatic nitrogens is 1. The van der Waals surface area contributed by atoms with Gasteiger partial charge in [0.05, 0.1) is 17.9 Å². The highest BCUT2D eigenvalue weighted by Gasteiger charge is 2.34. The molecule has 21 heavy (non-hydrogen) atoms. The molecule has 1 aromatic heterocycles. The first-order valence-corrected chi connectivity index (χ1v) is 6.89. The summed E-state index contributed by atoms with van der Waals surface area (Å²) in [5.74, 6) is 0.537. The zero-order valence-electron chi connectivity index (χ0n) is 11.3. The average molecular weight is 292 g/mol. The largest absolute Gasteiger partial charge is 0.433 e. The van der Waals surface area contributed by atoms with Crippen LogP contribution in [0.3, 0.4) is 0 Å². The number of pyridine rings is 1. The molecule has 1 fully saturated rings. The van der Waals surface area contributed by atoms with Gasteiger partial charge in [-0.2, -0.15) is 13.2 Å². The molecule has 1 aliphatic rings. The van der Waals surface area contributed by atoms with E-state index in [1.54, 1.807) is 0 Å². The van der Waals surface area contributed by atoms with Crippen LogP contribution in [-0.2, 0) is 6.18 Å². The molecule has 1 aromatic carbocycles. The van der Waals surface area contributed by atoms with E-state index in [1.165, 1.54) is 12.3 Å². The maximum atomic E-state index is 12.5. The Morgan fingerprint density at radius 2 is 1.76 bits per heavy atom. The Balaban J connectivity index is 1.78. The second kappa shape index (κ2) is 5.39. The molecule has 1 atom stereocenters. The van der Waals surface area contributed by atoms with Crippen LogP contribution in [0.2, 0.25) is 0 Å². The number of nitrogens with zero attached hydrogens (tertiary/aromatic N) is 1. The Kier molecular flexibility index (Phi) is 3.57. The number of alkyl halides is 3. The molecule has 110 valence electrons. The van der Waals surface area contributed by atoms with Gasteiger partial charge in [0.15, 0.2) is 0 Å². The zero-order chi connectivity index (χ0) is 14.9. The van der Waals surface area contributed by atoms with Crippen LogP contribution < -0.4 is 5.32 Å². The smallest absolute Gasteiger partial charge is 0.377 e. The van der Waals surface area contributed by atoms with Crippen molar-refractivity contribution in [3.8, 4) is 0 Å². The maximum Gasteiger partial charge on any atom is 0.433 e. The average Bonchev–Trinajstić information content (AvgIpc) is 3.30. The van der Waals surface area contributed by atoms with E-state index in [1.807, 2.05) is 30.3 Å². The van der Waals surface area contributed by atoms with Crippen molar-refractivity contribution in [2.45, 2.75) is 25.1 Å². The van der Waals surface area contributed by atoms with E-state index in [0.717, 1.165) is 24.5 Å². The molecular weight excluding hydrogens is 277 g/mol. The van der Waals surface area contributed by atoms with Crippen molar-refractivity contribution in [3.05, 3.63) is 59.9 Å². The van der Waals surface area contributed by atoms with Crippen LogP contribution in [0.5, 0.6) is 0 Å². The lowest BCUT2D eigenvalue weighted by Crippen LogP contribution is -2.14. The summed E-state index contributed by atoms with van der Waals surface area (Å²) in [6.07, 6.45) is -0.865. The highest BCUT2D eigenvalue weighted by atomic mass is 19.4. The highest BCUT2D eigenvalue weighted by Crippen LogP contribution is 2.42. The van der Waals surface area contributed by atoms with Crippen molar-refractivity contribution < 1.29 is 13.2 Å². The topological polar surface area (TPSA) is 24.9 Å². The summed E-state index contributed by atoms with van der Waals surface area (Å²) in [5, 5.41) is 3.31. The Bertz CT molecular complexity index is 589. The fourth-order valence-electron chi connectivity index (χ4n) is 2.39. The molecule has 2 aromatic rings. The summed E-state index contributed by atoms with van der Waals surface area (Å²) >= 11 is 0. The molecule has 0 bridgehead atoms. The third kappa shape index (κ3) is 3.35. The predicted octanol–water partition coefficient (Wildman–Crippen LogP) is 4.66. The van der Waals surface area contributed by atoms with Crippen molar-refractivity contribution in [1.29, 1.82) is 0 Å². The van der Waals surface area contributed by atoms with Crippen LogP contribution in [0, 0.1) is 5.92 Å². The van der Waals surface area contributed by atoms with E-state index in [4.69, 9.17) is 0 Å². The van der Waals surface area contributed by atoms with E-state index in [0.29, 0.717) is 11.6 Å². The number of rotatable bonds is 4. The Hall–Kier alpha value is -2.04. The quantitative estimate of drug-likeness (QED) is 0.886. The van der Waals surface area contributed by atoms with Crippen molar-refractivity contribution >= 4 is 5.69 Å². The molecule has 3 rings (SSSR count). The number of benzene rings is 1. The molecule has 1 aliphatic carbocycles. The van der Waals surface area contributed by atoms with Gasteiger partial charge in [0.25, 0.3) is 0 Å². The van der Waals surface area contributed by atoms with Gasteiger partial charge >= 0.3 is 6.18 Å². The second-order valence-electron chi connectivity index (χ2n) is 5.30. The molecule has 0 spiro atoms. The van der Waals surface area contributed by atoms with Crippen molar-refractivity contribution in [2.75, 3.05) is 5.32 Å². The van der Waals surface area contributed by atoms with Gasteiger partial charge in [-0.1, -0.05) is 30.3 Å². The van der Waals surface area contributed by atoms with Crippen LogP contribution in [0.4, 0.5) is 18.9 Å². The summed E-state index contributed by atoms with van der Waals surface area (Å²) in [4.78, 5) is 3.49. The van der Waals surface area contributed by atoms with E-state index in [9.17, 15) is 13.2 Å². The summed E-state index contributed by atoms with van der Waals surface area (Å²) < 4.78 is 37.5. The van der Waals surface area contributed by atoms with Gasteiger partial charge in [-0.25, -0.2) is 4.98 Å². The molecule has 1 heterocycles. The van der Waals surface area contributed by atoms with Crippen molar-refractivity contribution in [3.63, 3.8) is 0 Å². The fraction of sp³-hybridized carbons (Fsp3) is 0.312.